The number of rotatable bonds is 8. The highest BCUT2D eigenvalue weighted by Crippen LogP contribution is 2.44. The zero-order valence-corrected chi connectivity index (χ0v) is 24.3. The molecule has 41 heavy (non-hydrogen) atoms. The molecule has 4 aromatic rings. The number of phenols is 1. The van der Waals surface area contributed by atoms with E-state index in [1.807, 2.05) is 0 Å². The summed E-state index contributed by atoms with van der Waals surface area (Å²) in [5.74, 6) is -0.440. The quantitative estimate of drug-likeness (QED) is 0.133. The molecule has 216 valence electrons. The van der Waals surface area contributed by atoms with Gasteiger partial charge in [0.2, 0.25) is 0 Å². The Bertz CT molecular complexity index is 1950. The summed E-state index contributed by atoms with van der Waals surface area (Å²) >= 11 is 0. The highest BCUT2D eigenvalue weighted by atomic mass is 32.2. The van der Waals surface area contributed by atoms with Crippen molar-refractivity contribution in [3.63, 3.8) is 0 Å². The smallest absolute Gasteiger partial charge is 0.297 e. The van der Waals surface area contributed by atoms with E-state index in [2.05, 4.69) is 15.5 Å². The van der Waals surface area contributed by atoms with Crippen LogP contribution in [0.15, 0.2) is 74.6 Å². The fraction of sp³-hybridized carbons (Fsp3) is 0.250. The summed E-state index contributed by atoms with van der Waals surface area (Å²) in [4.78, 5) is 11.5. The van der Waals surface area contributed by atoms with Crippen LogP contribution in [0.2, 0.25) is 0 Å². The van der Waals surface area contributed by atoms with Crippen LogP contribution in [0.1, 0.15) is 32.8 Å². The molecule has 4 N–H and O–H groups in total. The first-order chi connectivity index (χ1) is 19.0. The maximum absolute atomic E-state index is 12.4. The van der Waals surface area contributed by atoms with Crippen LogP contribution in [0, 0.1) is 12.3 Å². The van der Waals surface area contributed by atoms with Crippen LogP contribution in [-0.4, -0.2) is 43.4 Å². The molecular formula is C28H29N3O8S2. The Kier molecular flexibility index (Phi) is 7.93. The van der Waals surface area contributed by atoms with E-state index < -0.39 is 41.2 Å². The second kappa shape index (κ2) is 10.8. The lowest BCUT2D eigenvalue weighted by Crippen LogP contribution is -2.22. The van der Waals surface area contributed by atoms with Gasteiger partial charge in [0.15, 0.2) is 5.75 Å². The summed E-state index contributed by atoms with van der Waals surface area (Å²) in [5.41, 5.74) is -0.313. The summed E-state index contributed by atoms with van der Waals surface area (Å²) < 4.78 is 68.0. The minimum Gasteiger partial charge on any atom is -0.505 e. The number of carbonyl (C=O) groups excluding carboxylic acids is 1. The summed E-state index contributed by atoms with van der Waals surface area (Å²) in [6.07, 6.45) is 0.112. The van der Waals surface area contributed by atoms with Gasteiger partial charge in [-0.05, 0) is 47.5 Å². The Labute approximate surface area is 237 Å². The van der Waals surface area contributed by atoms with Crippen molar-refractivity contribution in [2.24, 2.45) is 15.6 Å². The van der Waals surface area contributed by atoms with E-state index in [9.17, 15) is 35.8 Å². The van der Waals surface area contributed by atoms with Gasteiger partial charge in [-0.2, -0.15) is 16.8 Å². The lowest BCUT2D eigenvalue weighted by molar-refractivity contribution is -0.126. The number of phenolic OH excluding ortho intramolecular Hbond substituents is 1. The molecule has 0 atom stereocenters. The van der Waals surface area contributed by atoms with Gasteiger partial charge < -0.3 is 10.4 Å². The summed E-state index contributed by atoms with van der Waals surface area (Å²) in [6.45, 7) is 7.02. The molecule has 0 saturated carbocycles. The lowest BCUT2D eigenvalue weighted by Gasteiger charge is -2.18. The molecule has 0 spiro atoms. The van der Waals surface area contributed by atoms with Gasteiger partial charge in [0.05, 0.1) is 4.90 Å². The molecule has 0 aliphatic carbocycles. The zero-order valence-electron chi connectivity index (χ0n) is 22.7. The molecule has 13 heteroatoms. The second-order valence-electron chi connectivity index (χ2n) is 10.6. The highest BCUT2D eigenvalue weighted by Gasteiger charge is 2.23. The van der Waals surface area contributed by atoms with Gasteiger partial charge in [0, 0.05) is 34.8 Å². The third kappa shape index (κ3) is 6.38. The number of benzene rings is 4. The van der Waals surface area contributed by atoms with Crippen LogP contribution in [-0.2, 0) is 25.0 Å². The average Bonchev–Trinajstić information content (AvgIpc) is 2.85. The predicted molar refractivity (Wildman–Crippen MR) is 156 cm³/mol. The molecule has 4 aromatic carbocycles. The number of carbonyl (C=O) groups is 1. The van der Waals surface area contributed by atoms with E-state index in [1.54, 1.807) is 52.0 Å². The molecule has 11 nitrogen and oxygen atoms in total. The second-order valence-corrected chi connectivity index (χ2v) is 13.4. The Morgan fingerprint density at radius 2 is 1.59 bits per heavy atom. The fourth-order valence-corrected chi connectivity index (χ4v) is 5.79. The Balaban J connectivity index is 1.86. The molecular weight excluding hydrogens is 570 g/mol. The molecule has 4 rings (SSSR count). The monoisotopic (exact) mass is 599 g/mol. The van der Waals surface area contributed by atoms with Crippen molar-refractivity contribution in [3.05, 3.63) is 60.2 Å². The Hall–Kier alpha value is -3.91. The predicted octanol–water partition coefficient (Wildman–Crippen LogP) is 6.33. The standard InChI is InChI=1S/C28H29N3O8S2/c1-16-13-18-14-19(40(34,35)36)15-22(29-12-11-23(32)28(2,3)4)24(18)26(33)25(16)31-30-21-10-9-17-7-5-6-8-20(17)27(21)41(37,38)39/h5-10,13-15,29,33H,11-12H2,1-4H3,(H,34,35,36)(H,37,38,39). The lowest BCUT2D eigenvalue weighted by atomic mass is 9.89. The number of anilines is 1. The van der Waals surface area contributed by atoms with Crippen molar-refractivity contribution in [1.29, 1.82) is 0 Å². The first-order valence-electron chi connectivity index (χ1n) is 12.4. The van der Waals surface area contributed by atoms with Gasteiger partial charge in [-0.3, -0.25) is 13.9 Å². The number of fused-ring (bicyclic) bond motifs is 2. The Morgan fingerprint density at radius 3 is 2.22 bits per heavy atom. The molecule has 0 bridgehead atoms. The molecule has 0 aliphatic rings. The van der Waals surface area contributed by atoms with Crippen LogP contribution in [0.5, 0.6) is 5.75 Å². The molecule has 0 radical (unpaired) electrons. The maximum Gasteiger partial charge on any atom is 0.297 e. The Morgan fingerprint density at radius 1 is 0.902 bits per heavy atom. The van der Waals surface area contributed by atoms with Crippen LogP contribution in [0.4, 0.5) is 17.1 Å². The first kappa shape index (κ1) is 30.1. The number of hydrogen-bond acceptors (Lipinski definition) is 9. The minimum absolute atomic E-state index is 0.0413. The fourth-order valence-electron chi connectivity index (χ4n) is 4.41. The molecule has 0 unspecified atom stereocenters. The first-order valence-corrected chi connectivity index (χ1v) is 15.3. The van der Waals surface area contributed by atoms with Gasteiger partial charge in [-0.25, -0.2) is 0 Å². The van der Waals surface area contributed by atoms with Crippen molar-refractivity contribution >= 4 is 64.6 Å². The van der Waals surface area contributed by atoms with Crippen molar-refractivity contribution in [2.45, 2.75) is 43.9 Å². The normalized spacial score (nSPS) is 12.8. The van der Waals surface area contributed by atoms with Crippen molar-refractivity contribution < 1.29 is 35.8 Å². The number of ketones is 1. The third-order valence-electron chi connectivity index (χ3n) is 6.53. The minimum atomic E-state index is -4.71. The van der Waals surface area contributed by atoms with Crippen molar-refractivity contribution in [3.8, 4) is 5.75 Å². The molecule has 0 amide bonds. The molecule has 0 saturated heterocycles. The number of aromatic hydroxyl groups is 1. The number of hydrogen-bond donors (Lipinski definition) is 4. The van der Waals surface area contributed by atoms with E-state index in [-0.39, 0.29) is 52.0 Å². The number of nitrogens with zero attached hydrogens (tertiary/aromatic N) is 2. The van der Waals surface area contributed by atoms with Crippen LogP contribution in [0.25, 0.3) is 21.5 Å². The topological polar surface area (TPSA) is 183 Å². The summed E-state index contributed by atoms with van der Waals surface area (Å²) in [6, 6.07) is 13.4. The number of Topliss-reactive ketones (excluding diaryl/α,β-unsaturated/α-hetero) is 1. The number of azo groups is 1. The van der Waals surface area contributed by atoms with Crippen molar-refractivity contribution in [1.82, 2.24) is 0 Å². The van der Waals surface area contributed by atoms with E-state index in [4.69, 9.17) is 0 Å². The van der Waals surface area contributed by atoms with E-state index in [0.717, 1.165) is 6.07 Å². The molecule has 0 aromatic heterocycles. The van der Waals surface area contributed by atoms with Gasteiger partial charge in [-0.1, -0.05) is 51.1 Å². The van der Waals surface area contributed by atoms with Crippen LogP contribution < -0.4 is 5.32 Å². The summed E-state index contributed by atoms with van der Waals surface area (Å²) in [5, 5.41) is 23.6. The largest absolute Gasteiger partial charge is 0.505 e. The van der Waals surface area contributed by atoms with Crippen LogP contribution >= 0.6 is 0 Å². The van der Waals surface area contributed by atoms with Gasteiger partial charge in [0.1, 0.15) is 22.1 Å². The average molecular weight is 600 g/mol. The molecule has 0 fully saturated rings. The SMILES string of the molecule is Cc1cc2cc(S(=O)(=O)O)cc(NCCC(=O)C(C)(C)C)c2c(O)c1N=Nc1ccc2ccccc2c1S(=O)(=O)O. The van der Waals surface area contributed by atoms with E-state index >= 15 is 0 Å². The third-order valence-corrected chi connectivity index (χ3v) is 8.30. The number of aryl methyl sites for hydroxylation is 1. The van der Waals surface area contributed by atoms with E-state index in [1.165, 1.54) is 24.3 Å². The van der Waals surface area contributed by atoms with Gasteiger partial charge >= 0.3 is 0 Å². The molecule has 0 heterocycles. The van der Waals surface area contributed by atoms with Crippen molar-refractivity contribution in [2.75, 3.05) is 11.9 Å². The molecule has 0 aliphatic heterocycles. The number of nitrogens with one attached hydrogen (secondary N) is 1. The zero-order chi connectivity index (χ0) is 30.3. The van der Waals surface area contributed by atoms with Gasteiger partial charge in [-0.15, -0.1) is 10.2 Å². The maximum atomic E-state index is 12.4. The van der Waals surface area contributed by atoms with Gasteiger partial charge in [0.25, 0.3) is 20.2 Å². The highest BCUT2D eigenvalue weighted by molar-refractivity contribution is 7.86. The van der Waals surface area contributed by atoms with E-state index in [0.29, 0.717) is 10.9 Å². The summed E-state index contributed by atoms with van der Waals surface area (Å²) in [7, 11) is -9.32. The van der Waals surface area contributed by atoms with Crippen LogP contribution in [0.3, 0.4) is 0 Å².